The van der Waals surface area contributed by atoms with Crippen LogP contribution in [0.1, 0.15) is 19.8 Å². The summed E-state index contributed by atoms with van der Waals surface area (Å²) in [5, 5.41) is 0. The van der Waals surface area contributed by atoms with Crippen molar-refractivity contribution < 1.29 is 9.53 Å². The molecule has 1 aliphatic rings. The molecule has 0 aromatic rings. The Morgan fingerprint density at radius 2 is 2.20 bits per heavy atom. The number of hydrogen-bond acceptors (Lipinski definition) is 4. The van der Waals surface area contributed by atoms with Gasteiger partial charge in [-0.2, -0.15) is 0 Å². The van der Waals surface area contributed by atoms with Gasteiger partial charge in [-0.25, -0.2) is 0 Å². The molecule has 4 nitrogen and oxygen atoms in total. The fraction of sp³-hybridized carbons (Fsp3) is 0.900. The van der Waals surface area contributed by atoms with Crippen molar-refractivity contribution in [2.24, 2.45) is 11.7 Å². The Morgan fingerprint density at radius 1 is 1.60 bits per heavy atom. The van der Waals surface area contributed by atoms with Crippen molar-refractivity contribution in [3.63, 3.8) is 0 Å². The number of esters is 1. The lowest BCUT2D eigenvalue weighted by Gasteiger charge is -2.25. The van der Waals surface area contributed by atoms with Crippen LogP contribution in [0.3, 0.4) is 0 Å². The first kappa shape index (κ1) is 14.7. The van der Waals surface area contributed by atoms with Gasteiger partial charge < -0.3 is 10.5 Å². The van der Waals surface area contributed by atoms with Crippen molar-refractivity contribution in [1.82, 2.24) is 4.90 Å². The van der Waals surface area contributed by atoms with Crippen molar-refractivity contribution in [2.45, 2.75) is 25.8 Å². The summed E-state index contributed by atoms with van der Waals surface area (Å²) in [4.78, 5) is 13.2. The molecule has 0 spiro atoms. The summed E-state index contributed by atoms with van der Waals surface area (Å²) in [5.74, 6) is 0.536. The van der Waals surface area contributed by atoms with Crippen LogP contribution in [0.2, 0.25) is 0 Å². The van der Waals surface area contributed by atoms with Crippen LogP contribution in [-0.4, -0.2) is 43.7 Å². The van der Waals surface area contributed by atoms with Gasteiger partial charge in [-0.1, -0.05) is 0 Å². The van der Waals surface area contributed by atoms with Crippen molar-refractivity contribution in [1.29, 1.82) is 0 Å². The van der Waals surface area contributed by atoms with Gasteiger partial charge in [0, 0.05) is 12.6 Å². The number of carbonyl (C=O) groups excluding carboxylic acids is 1. The second-order valence-electron chi connectivity index (χ2n) is 3.86. The number of halogens is 1. The van der Waals surface area contributed by atoms with Crippen LogP contribution in [0.25, 0.3) is 0 Å². The molecule has 1 unspecified atom stereocenters. The SMILES string of the molecule is CCOC(=O)CN(C)C(CN)C1CC1.Cl. The summed E-state index contributed by atoms with van der Waals surface area (Å²) in [6, 6.07) is 0.347. The molecule has 0 saturated heterocycles. The molecule has 15 heavy (non-hydrogen) atoms. The van der Waals surface area contributed by atoms with Crippen LogP contribution in [0.15, 0.2) is 0 Å². The molecule has 5 heteroatoms. The standard InChI is InChI=1S/C10H20N2O2.ClH/c1-3-14-10(13)7-12(2)9(6-11)8-4-5-8;/h8-9H,3-7,11H2,1-2H3;1H. The smallest absolute Gasteiger partial charge is 0.320 e. The predicted octanol–water partition coefficient (Wildman–Crippen LogP) is 0.640. The van der Waals surface area contributed by atoms with Gasteiger partial charge in [-0.3, -0.25) is 9.69 Å². The largest absolute Gasteiger partial charge is 0.465 e. The fourth-order valence-electron chi connectivity index (χ4n) is 1.74. The van der Waals surface area contributed by atoms with Crippen molar-refractivity contribution in [3.8, 4) is 0 Å². The van der Waals surface area contributed by atoms with Crippen LogP contribution < -0.4 is 5.73 Å². The topological polar surface area (TPSA) is 55.6 Å². The highest BCUT2D eigenvalue weighted by molar-refractivity contribution is 5.85. The van der Waals surface area contributed by atoms with E-state index in [2.05, 4.69) is 0 Å². The van der Waals surface area contributed by atoms with E-state index in [1.165, 1.54) is 12.8 Å². The Hall–Kier alpha value is -0.320. The van der Waals surface area contributed by atoms with E-state index < -0.39 is 0 Å². The van der Waals surface area contributed by atoms with Crippen LogP contribution in [0, 0.1) is 5.92 Å². The number of nitrogens with zero attached hydrogens (tertiary/aromatic N) is 1. The minimum Gasteiger partial charge on any atom is -0.465 e. The minimum absolute atomic E-state index is 0. The minimum atomic E-state index is -0.158. The first-order valence-electron chi connectivity index (χ1n) is 5.25. The molecule has 0 aromatic carbocycles. The zero-order chi connectivity index (χ0) is 10.6. The Kier molecular flexibility index (Phi) is 6.89. The number of ether oxygens (including phenoxy) is 1. The van der Waals surface area contributed by atoms with E-state index in [0.29, 0.717) is 31.7 Å². The third-order valence-electron chi connectivity index (χ3n) is 2.66. The molecule has 1 aliphatic carbocycles. The van der Waals surface area contributed by atoms with Gasteiger partial charge in [0.1, 0.15) is 0 Å². The summed E-state index contributed by atoms with van der Waals surface area (Å²) in [7, 11) is 1.94. The van der Waals surface area contributed by atoms with E-state index in [-0.39, 0.29) is 18.4 Å². The zero-order valence-corrected chi connectivity index (χ0v) is 10.3. The Labute approximate surface area is 97.5 Å². The molecule has 90 valence electrons. The van der Waals surface area contributed by atoms with Crippen molar-refractivity contribution in [2.75, 3.05) is 26.7 Å². The van der Waals surface area contributed by atoms with Crippen LogP contribution in [0.5, 0.6) is 0 Å². The quantitative estimate of drug-likeness (QED) is 0.688. The number of hydrogen-bond donors (Lipinski definition) is 1. The number of rotatable bonds is 6. The molecule has 0 heterocycles. The molecule has 0 aromatic heterocycles. The average Bonchev–Trinajstić information content (AvgIpc) is 2.89. The predicted molar refractivity (Wildman–Crippen MR) is 62.1 cm³/mol. The molecule has 1 atom stereocenters. The maximum Gasteiger partial charge on any atom is 0.320 e. The maximum absolute atomic E-state index is 11.2. The summed E-state index contributed by atoms with van der Waals surface area (Å²) in [6.07, 6.45) is 2.49. The van der Waals surface area contributed by atoms with Crippen molar-refractivity contribution >= 4 is 18.4 Å². The van der Waals surface area contributed by atoms with Gasteiger partial charge in [0.05, 0.1) is 13.2 Å². The normalized spacial score (nSPS) is 17.1. The summed E-state index contributed by atoms with van der Waals surface area (Å²) >= 11 is 0. The van der Waals surface area contributed by atoms with Gasteiger partial charge in [-0.15, -0.1) is 12.4 Å². The molecule has 1 saturated carbocycles. The third kappa shape index (κ3) is 4.82. The average molecular weight is 237 g/mol. The van der Waals surface area contributed by atoms with Gasteiger partial charge in [0.2, 0.25) is 0 Å². The lowest BCUT2D eigenvalue weighted by molar-refractivity contribution is -0.144. The molecular weight excluding hydrogens is 216 g/mol. The van der Waals surface area contributed by atoms with Crippen LogP contribution in [0.4, 0.5) is 0 Å². The Bertz CT molecular complexity index is 198. The molecule has 1 rings (SSSR count). The molecule has 1 fully saturated rings. The molecule has 0 bridgehead atoms. The summed E-state index contributed by atoms with van der Waals surface area (Å²) < 4.78 is 4.89. The number of carbonyl (C=O) groups is 1. The summed E-state index contributed by atoms with van der Waals surface area (Å²) in [6.45, 7) is 3.25. The second-order valence-corrected chi connectivity index (χ2v) is 3.86. The number of likely N-dealkylation sites (N-methyl/N-ethyl adjacent to an activating group) is 1. The Morgan fingerprint density at radius 3 is 2.60 bits per heavy atom. The first-order chi connectivity index (χ1) is 6.69. The molecule has 0 radical (unpaired) electrons. The fourth-order valence-corrected chi connectivity index (χ4v) is 1.74. The Balaban J connectivity index is 0.00000196. The van der Waals surface area contributed by atoms with Gasteiger partial charge in [0.15, 0.2) is 0 Å². The molecular formula is C10H21ClN2O2. The maximum atomic E-state index is 11.2. The van der Waals surface area contributed by atoms with E-state index in [1.807, 2.05) is 18.9 Å². The second kappa shape index (κ2) is 7.04. The summed E-state index contributed by atoms with van der Waals surface area (Å²) in [5.41, 5.74) is 5.67. The van der Waals surface area contributed by atoms with E-state index in [1.54, 1.807) is 0 Å². The van der Waals surface area contributed by atoms with Gasteiger partial charge >= 0.3 is 5.97 Å². The van der Waals surface area contributed by atoms with Crippen LogP contribution in [-0.2, 0) is 9.53 Å². The first-order valence-corrected chi connectivity index (χ1v) is 5.25. The highest BCUT2D eigenvalue weighted by atomic mass is 35.5. The lowest BCUT2D eigenvalue weighted by atomic mass is 10.1. The molecule has 2 N–H and O–H groups in total. The monoisotopic (exact) mass is 236 g/mol. The molecule has 0 amide bonds. The lowest BCUT2D eigenvalue weighted by Crippen LogP contribution is -2.42. The highest BCUT2D eigenvalue weighted by Gasteiger charge is 2.33. The third-order valence-corrected chi connectivity index (χ3v) is 2.66. The molecule has 0 aliphatic heterocycles. The van der Waals surface area contributed by atoms with Crippen molar-refractivity contribution in [3.05, 3.63) is 0 Å². The number of nitrogens with two attached hydrogens (primary N) is 1. The van der Waals surface area contributed by atoms with E-state index in [9.17, 15) is 4.79 Å². The van der Waals surface area contributed by atoms with E-state index in [4.69, 9.17) is 10.5 Å². The van der Waals surface area contributed by atoms with Crippen LogP contribution >= 0.6 is 12.4 Å². The van der Waals surface area contributed by atoms with E-state index in [0.717, 1.165) is 0 Å². The highest BCUT2D eigenvalue weighted by Crippen LogP contribution is 2.34. The van der Waals surface area contributed by atoms with Gasteiger partial charge in [-0.05, 0) is 32.7 Å². The zero-order valence-electron chi connectivity index (χ0n) is 9.44. The van der Waals surface area contributed by atoms with Gasteiger partial charge in [0.25, 0.3) is 0 Å². The van der Waals surface area contributed by atoms with E-state index >= 15 is 0 Å².